The average Bonchev–Trinajstić information content (AvgIpc) is 2.41. The van der Waals surface area contributed by atoms with Crippen LogP contribution in [0.2, 0.25) is 0 Å². The average molecular weight is 368 g/mol. The van der Waals surface area contributed by atoms with Gasteiger partial charge in [-0.1, -0.05) is 23.8 Å². The van der Waals surface area contributed by atoms with Crippen LogP contribution in [0.1, 0.15) is 22.3 Å². The van der Waals surface area contributed by atoms with Crippen molar-refractivity contribution in [2.75, 3.05) is 6.26 Å². The quantitative estimate of drug-likeness (QED) is 0.775. The van der Waals surface area contributed by atoms with Crippen LogP contribution in [-0.4, -0.2) is 23.1 Å². The molecular formula is C17H20O5S2. The molecule has 0 aliphatic rings. The van der Waals surface area contributed by atoms with Crippen molar-refractivity contribution < 1.29 is 21.0 Å². The van der Waals surface area contributed by atoms with E-state index < -0.39 is 20.0 Å². The zero-order valence-corrected chi connectivity index (χ0v) is 15.9. The third-order valence-electron chi connectivity index (χ3n) is 3.65. The summed E-state index contributed by atoms with van der Waals surface area (Å²) in [5, 5.41) is 0. The number of hydrogen-bond acceptors (Lipinski definition) is 5. The van der Waals surface area contributed by atoms with Crippen molar-refractivity contribution in [1.82, 2.24) is 0 Å². The highest BCUT2D eigenvalue weighted by molar-refractivity contribution is 7.90. The molecule has 2 aromatic rings. The Bertz CT molecular complexity index is 980. The van der Waals surface area contributed by atoms with Crippen molar-refractivity contribution in [3.8, 4) is 5.75 Å². The van der Waals surface area contributed by atoms with E-state index in [9.17, 15) is 16.8 Å². The van der Waals surface area contributed by atoms with E-state index in [1.165, 1.54) is 12.1 Å². The summed E-state index contributed by atoms with van der Waals surface area (Å²) in [5.41, 5.74) is 2.83. The van der Waals surface area contributed by atoms with Gasteiger partial charge in [0.1, 0.15) is 10.6 Å². The first-order valence-corrected chi connectivity index (χ1v) is 10.5. The molecule has 0 spiro atoms. The second kappa shape index (κ2) is 6.22. The number of rotatable bonds is 4. The minimum absolute atomic E-state index is 0.0624. The Kier molecular flexibility index (Phi) is 4.79. The second-order valence-electron chi connectivity index (χ2n) is 5.96. The molecule has 0 saturated heterocycles. The zero-order valence-electron chi connectivity index (χ0n) is 14.2. The Balaban J connectivity index is 2.57. The molecule has 2 aromatic carbocycles. The van der Waals surface area contributed by atoms with Gasteiger partial charge in [0.2, 0.25) is 0 Å². The maximum atomic E-state index is 12.7. The van der Waals surface area contributed by atoms with Gasteiger partial charge in [-0.25, -0.2) is 8.42 Å². The van der Waals surface area contributed by atoms with E-state index in [1.807, 2.05) is 19.1 Å². The molecule has 0 radical (unpaired) electrons. The monoisotopic (exact) mass is 368 g/mol. The summed E-state index contributed by atoms with van der Waals surface area (Å²) in [5.74, 6) is 0.268. The molecule has 0 unspecified atom stereocenters. The van der Waals surface area contributed by atoms with E-state index in [0.29, 0.717) is 16.7 Å². The van der Waals surface area contributed by atoms with Gasteiger partial charge in [0.25, 0.3) is 0 Å². The first-order chi connectivity index (χ1) is 10.9. The van der Waals surface area contributed by atoms with Gasteiger partial charge in [-0.2, -0.15) is 8.42 Å². The van der Waals surface area contributed by atoms with Crippen molar-refractivity contribution in [1.29, 1.82) is 0 Å². The molecule has 0 amide bonds. The van der Waals surface area contributed by atoms with Crippen LogP contribution in [0, 0.1) is 27.7 Å². The van der Waals surface area contributed by atoms with Gasteiger partial charge in [-0.15, -0.1) is 0 Å². The summed E-state index contributed by atoms with van der Waals surface area (Å²) in [6.45, 7) is 7.05. The number of sulfone groups is 1. The van der Waals surface area contributed by atoms with E-state index >= 15 is 0 Å². The van der Waals surface area contributed by atoms with Gasteiger partial charge in [-0.05, 0) is 56.5 Å². The normalized spacial score (nSPS) is 12.2. The van der Waals surface area contributed by atoms with Crippen LogP contribution in [0.5, 0.6) is 5.75 Å². The SMILES string of the molecule is Cc1cc(C)c(OS(=O)(=O)c2cc(S(C)(=O)=O)ccc2C)c(C)c1. The van der Waals surface area contributed by atoms with Gasteiger partial charge in [0, 0.05) is 6.26 Å². The fourth-order valence-corrected chi connectivity index (χ4v) is 4.56. The molecule has 0 bridgehead atoms. The summed E-state index contributed by atoms with van der Waals surface area (Å²) in [6, 6.07) is 7.64. The van der Waals surface area contributed by atoms with Gasteiger partial charge in [0.05, 0.1) is 4.90 Å². The molecule has 0 aromatic heterocycles. The highest BCUT2D eigenvalue weighted by Crippen LogP contribution is 2.29. The smallest absolute Gasteiger partial charge is 0.339 e. The largest absolute Gasteiger partial charge is 0.378 e. The van der Waals surface area contributed by atoms with Crippen LogP contribution >= 0.6 is 0 Å². The number of aryl methyl sites for hydroxylation is 4. The summed E-state index contributed by atoms with van der Waals surface area (Å²) >= 11 is 0. The Labute approximate surface area is 143 Å². The Hall–Kier alpha value is -1.86. The first-order valence-electron chi connectivity index (χ1n) is 7.25. The number of benzene rings is 2. The molecule has 0 N–H and O–H groups in total. The number of hydrogen-bond donors (Lipinski definition) is 0. The topological polar surface area (TPSA) is 77.5 Å². The Morgan fingerprint density at radius 2 is 1.33 bits per heavy atom. The maximum absolute atomic E-state index is 12.7. The maximum Gasteiger partial charge on any atom is 0.339 e. The van der Waals surface area contributed by atoms with Crippen LogP contribution in [0.25, 0.3) is 0 Å². The van der Waals surface area contributed by atoms with Crippen LogP contribution in [0.3, 0.4) is 0 Å². The lowest BCUT2D eigenvalue weighted by molar-refractivity contribution is 0.481. The highest BCUT2D eigenvalue weighted by Gasteiger charge is 2.23. The van der Waals surface area contributed by atoms with Crippen molar-refractivity contribution in [3.05, 3.63) is 52.6 Å². The fraction of sp³-hybridized carbons (Fsp3) is 0.294. The zero-order chi connectivity index (χ0) is 18.3. The van der Waals surface area contributed by atoms with Gasteiger partial charge in [0.15, 0.2) is 9.84 Å². The van der Waals surface area contributed by atoms with Crippen LogP contribution in [0.4, 0.5) is 0 Å². The van der Waals surface area contributed by atoms with Crippen LogP contribution in [0.15, 0.2) is 40.1 Å². The lowest BCUT2D eigenvalue weighted by Crippen LogP contribution is -2.14. The molecule has 130 valence electrons. The fourth-order valence-electron chi connectivity index (χ4n) is 2.53. The van der Waals surface area contributed by atoms with E-state index in [0.717, 1.165) is 17.9 Å². The van der Waals surface area contributed by atoms with E-state index in [-0.39, 0.29) is 15.5 Å². The minimum atomic E-state index is -4.15. The molecule has 5 nitrogen and oxygen atoms in total. The molecule has 0 fully saturated rings. The predicted molar refractivity (Wildman–Crippen MR) is 92.8 cm³/mol. The summed E-state index contributed by atoms with van der Waals surface area (Å²) in [6.07, 6.45) is 1.03. The van der Waals surface area contributed by atoms with Gasteiger partial charge >= 0.3 is 10.1 Å². The van der Waals surface area contributed by atoms with Crippen molar-refractivity contribution >= 4 is 20.0 Å². The van der Waals surface area contributed by atoms with E-state index in [4.69, 9.17) is 4.18 Å². The van der Waals surface area contributed by atoms with Crippen molar-refractivity contribution in [3.63, 3.8) is 0 Å². The van der Waals surface area contributed by atoms with Gasteiger partial charge in [-0.3, -0.25) is 0 Å². The third-order valence-corrected chi connectivity index (χ3v) is 6.13. The van der Waals surface area contributed by atoms with Gasteiger partial charge < -0.3 is 4.18 Å². The lowest BCUT2D eigenvalue weighted by atomic mass is 10.1. The summed E-state index contributed by atoms with van der Waals surface area (Å²) in [4.78, 5) is -0.211. The highest BCUT2D eigenvalue weighted by atomic mass is 32.2. The molecule has 0 heterocycles. The molecule has 0 aliphatic carbocycles. The van der Waals surface area contributed by atoms with Crippen LogP contribution < -0.4 is 4.18 Å². The third kappa shape index (κ3) is 3.79. The summed E-state index contributed by atoms with van der Waals surface area (Å²) < 4.78 is 54.1. The van der Waals surface area contributed by atoms with E-state index in [1.54, 1.807) is 20.8 Å². The minimum Gasteiger partial charge on any atom is -0.378 e. The Morgan fingerprint density at radius 1 is 0.792 bits per heavy atom. The standard InChI is InChI=1S/C17H20O5S2/c1-11-8-13(3)17(14(4)9-11)22-24(20,21)16-10-15(23(5,18)19)7-6-12(16)2/h6-10H,1-5H3. The molecule has 0 saturated carbocycles. The summed E-state index contributed by atoms with van der Waals surface area (Å²) in [7, 11) is -7.67. The predicted octanol–water partition coefficient (Wildman–Crippen LogP) is 3.09. The molecule has 0 atom stereocenters. The van der Waals surface area contributed by atoms with Crippen LogP contribution in [-0.2, 0) is 20.0 Å². The van der Waals surface area contributed by atoms with E-state index in [2.05, 4.69) is 0 Å². The van der Waals surface area contributed by atoms with Crippen molar-refractivity contribution in [2.24, 2.45) is 0 Å². The lowest BCUT2D eigenvalue weighted by Gasteiger charge is -2.14. The molecule has 0 aliphatic heterocycles. The molecule has 2 rings (SSSR count). The molecule has 7 heteroatoms. The second-order valence-corrected chi connectivity index (χ2v) is 9.50. The van der Waals surface area contributed by atoms with Crippen molar-refractivity contribution in [2.45, 2.75) is 37.5 Å². The Morgan fingerprint density at radius 3 is 1.83 bits per heavy atom. The first kappa shape index (κ1) is 18.5. The molecule has 24 heavy (non-hydrogen) atoms. The molecular weight excluding hydrogens is 348 g/mol.